The fourth-order valence-corrected chi connectivity index (χ4v) is 2.92. The van der Waals surface area contributed by atoms with Gasteiger partial charge in [0, 0.05) is 5.02 Å². The van der Waals surface area contributed by atoms with Crippen LogP contribution in [0.15, 0.2) is 49.6 Å². The minimum Gasteiger partial charge on any atom is -0.380 e. The van der Waals surface area contributed by atoms with Gasteiger partial charge in [0.25, 0.3) is 0 Å². The van der Waals surface area contributed by atoms with Crippen molar-refractivity contribution in [3.8, 4) is 0 Å². The summed E-state index contributed by atoms with van der Waals surface area (Å²) < 4.78 is 16.2. The van der Waals surface area contributed by atoms with Crippen LogP contribution in [0.5, 0.6) is 0 Å². The molecule has 21 heavy (non-hydrogen) atoms. The number of aliphatic hydroxyl groups is 1. The number of benzene rings is 1. The fourth-order valence-electron chi connectivity index (χ4n) is 2.68. The first-order valence-corrected chi connectivity index (χ1v) is 7.03. The van der Waals surface area contributed by atoms with E-state index >= 15 is 0 Å². The van der Waals surface area contributed by atoms with E-state index in [0.29, 0.717) is 10.6 Å². The van der Waals surface area contributed by atoms with Crippen LogP contribution in [0.2, 0.25) is 5.02 Å². The Morgan fingerprint density at radius 1 is 1.48 bits per heavy atom. The molecule has 1 saturated carbocycles. The van der Waals surface area contributed by atoms with Crippen LogP contribution in [0.1, 0.15) is 24.4 Å². The van der Waals surface area contributed by atoms with Gasteiger partial charge >= 0.3 is 0 Å². The fraction of sp³-hybridized carbons (Fsp3) is 0.333. The van der Waals surface area contributed by atoms with Gasteiger partial charge < -0.3 is 5.11 Å². The van der Waals surface area contributed by atoms with Crippen molar-refractivity contribution in [1.82, 2.24) is 14.8 Å². The average molecular weight is 308 g/mol. The molecule has 3 rings (SSSR count). The van der Waals surface area contributed by atoms with Gasteiger partial charge in [0.1, 0.15) is 30.0 Å². The second-order valence-electron chi connectivity index (χ2n) is 5.29. The van der Waals surface area contributed by atoms with Gasteiger partial charge in [-0.25, -0.2) is 14.1 Å². The third kappa shape index (κ3) is 2.17. The molecule has 2 atom stereocenters. The molecule has 0 spiro atoms. The Morgan fingerprint density at radius 2 is 2.19 bits per heavy atom. The minimum atomic E-state index is -1.80. The lowest BCUT2D eigenvalue weighted by molar-refractivity contribution is -0.0416. The SMILES string of the molecule is C=CC(O)(C(c1ccccc1Cl)n1cncn1)C1(F)CC1. The van der Waals surface area contributed by atoms with E-state index in [1.165, 1.54) is 23.4 Å². The molecule has 1 N–H and O–H groups in total. The summed E-state index contributed by atoms with van der Waals surface area (Å²) in [6.07, 6.45) is 4.59. The van der Waals surface area contributed by atoms with Gasteiger partial charge in [-0.1, -0.05) is 35.9 Å². The molecule has 1 aromatic carbocycles. The molecule has 110 valence electrons. The van der Waals surface area contributed by atoms with Crippen LogP contribution < -0.4 is 0 Å². The van der Waals surface area contributed by atoms with Crippen LogP contribution in [0.4, 0.5) is 4.39 Å². The Balaban J connectivity index is 2.18. The summed E-state index contributed by atoms with van der Waals surface area (Å²) in [4.78, 5) is 3.89. The van der Waals surface area contributed by atoms with E-state index in [1.54, 1.807) is 24.3 Å². The Bertz CT molecular complexity index is 657. The Morgan fingerprint density at radius 3 is 2.71 bits per heavy atom. The highest BCUT2D eigenvalue weighted by molar-refractivity contribution is 6.31. The van der Waals surface area contributed by atoms with E-state index in [0.717, 1.165) is 0 Å². The van der Waals surface area contributed by atoms with Crippen molar-refractivity contribution < 1.29 is 9.50 Å². The van der Waals surface area contributed by atoms with E-state index in [4.69, 9.17) is 11.6 Å². The highest BCUT2D eigenvalue weighted by atomic mass is 35.5. The standard InChI is InChI=1S/C15H15ClFN3O/c1-2-15(21,14(17)7-8-14)13(20-10-18-9-19-20)11-5-3-4-6-12(11)16/h2-6,9-10,13,21H,1,7-8H2. The van der Waals surface area contributed by atoms with Crippen molar-refractivity contribution in [2.45, 2.75) is 30.2 Å². The molecule has 0 aliphatic heterocycles. The maximum absolute atomic E-state index is 14.8. The van der Waals surface area contributed by atoms with Crippen LogP contribution in [-0.4, -0.2) is 31.1 Å². The first-order valence-electron chi connectivity index (χ1n) is 6.65. The predicted molar refractivity (Wildman–Crippen MR) is 77.8 cm³/mol. The first kappa shape index (κ1) is 14.2. The molecule has 0 amide bonds. The molecule has 4 nitrogen and oxygen atoms in total. The van der Waals surface area contributed by atoms with Gasteiger partial charge in [-0.3, -0.25) is 0 Å². The van der Waals surface area contributed by atoms with Crippen molar-refractivity contribution in [1.29, 1.82) is 0 Å². The summed E-state index contributed by atoms with van der Waals surface area (Å²) >= 11 is 6.24. The van der Waals surface area contributed by atoms with E-state index in [2.05, 4.69) is 16.7 Å². The number of halogens is 2. The van der Waals surface area contributed by atoms with Crippen LogP contribution >= 0.6 is 11.6 Å². The van der Waals surface area contributed by atoms with Crippen LogP contribution in [0.25, 0.3) is 0 Å². The molecule has 0 bridgehead atoms. The summed E-state index contributed by atoms with van der Waals surface area (Å²) in [5.41, 5.74) is -2.94. The van der Waals surface area contributed by atoms with E-state index in [-0.39, 0.29) is 12.8 Å². The number of aromatic nitrogens is 3. The monoisotopic (exact) mass is 307 g/mol. The molecule has 2 unspecified atom stereocenters. The van der Waals surface area contributed by atoms with Crippen molar-refractivity contribution >= 4 is 11.6 Å². The molecule has 1 aromatic heterocycles. The Labute approximate surface area is 126 Å². The van der Waals surface area contributed by atoms with Gasteiger partial charge in [0.15, 0.2) is 0 Å². The lowest BCUT2D eigenvalue weighted by atomic mass is 9.83. The van der Waals surface area contributed by atoms with Crippen molar-refractivity contribution in [3.05, 3.63) is 60.2 Å². The Kier molecular flexibility index (Phi) is 3.34. The quantitative estimate of drug-likeness (QED) is 0.864. The molecule has 0 saturated heterocycles. The molecular weight excluding hydrogens is 293 g/mol. The predicted octanol–water partition coefficient (Wildman–Crippen LogP) is 2.94. The zero-order valence-electron chi connectivity index (χ0n) is 11.3. The maximum atomic E-state index is 14.8. The highest BCUT2D eigenvalue weighted by Crippen LogP contribution is 2.55. The summed E-state index contributed by atoms with van der Waals surface area (Å²) in [7, 11) is 0. The Hall–Kier alpha value is -1.72. The summed E-state index contributed by atoms with van der Waals surface area (Å²) in [6.45, 7) is 3.63. The number of hydrogen-bond acceptors (Lipinski definition) is 3. The van der Waals surface area contributed by atoms with Crippen molar-refractivity contribution in [2.24, 2.45) is 0 Å². The van der Waals surface area contributed by atoms with Gasteiger partial charge in [-0.05, 0) is 24.5 Å². The lowest BCUT2D eigenvalue weighted by Gasteiger charge is -2.37. The molecule has 1 aliphatic carbocycles. The third-order valence-electron chi connectivity index (χ3n) is 4.04. The van der Waals surface area contributed by atoms with Gasteiger partial charge in [0.2, 0.25) is 0 Å². The third-order valence-corrected chi connectivity index (χ3v) is 4.38. The second kappa shape index (κ2) is 4.93. The van der Waals surface area contributed by atoms with E-state index < -0.39 is 17.3 Å². The lowest BCUT2D eigenvalue weighted by Crippen LogP contribution is -2.48. The number of alkyl halides is 1. The molecule has 6 heteroatoms. The maximum Gasteiger partial charge on any atom is 0.145 e. The number of rotatable bonds is 5. The summed E-state index contributed by atoms with van der Waals surface area (Å²) in [5.74, 6) is 0. The van der Waals surface area contributed by atoms with Crippen molar-refractivity contribution in [3.63, 3.8) is 0 Å². The van der Waals surface area contributed by atoms with Crippen LogP contribution in [-0.2, 0) is 0 Å². The summed E-state index contributed by atoms with van der Waals surface area (Å²) in [6, 6.07) is 6.18. The minimum absolute atomic E-state index is 0.283. The zero-order valence-corrected chi connectivity index (χ0v) is 12.0. The van der Waals surface area contributed by atoms with Crippen LogP contribution in [0.3, 0.4) is 0 Å². The van der Waals surface area contributed by atoms with Gasteiger partial charge in [0.05, 0.1) is 0 Å². The molecule has 1 heterocycles. The zero-order chi connectivity index (χ0) is 15.1. The molecular formula is C15H15ClFN3O. The molecule has 0 radical (unpaired) electrons. The molecule has 1 aliphatic rings. The van der Waals surface area contributed by atoms with Crippen molar-refractivity contribution in [2.75, 3.05) is 0 Å². The first-order chi connectivity index (χ1) is 10.0. The number of nitrogens with zero attached hydrogens (tertiary/aromatic N) is 3. The smallest absolute Gasteiger partial charge is 0.145 e. The van der Waals surface area contributed by atoms with Gasteiger partial charge in [-0.2, -0.15) is 5.10 Å². The molecule has 1 fully saturated rings. The summed E-state index contributed by atoms with van der Waals surface area (Å²) in [5, 5.41) is 15.5. The van der Waals surface area contributed by atoms with E-state index in [9.17, 15) is 9.50 Å². The largest absolute Gasteiger partial charge is 0.380 e. The topological polar surface area (TPSA) is 50.9 Å². The second-order valence-corrected chi connectivity index (χ2v) is 5.70. The van der Waals surface area contributed by atoms with Crippen LogP contribution in [0, 0.1) is 0 Å². The number of hydrogen-bond donors (Lipinski definition) is 1. The normalized spacial score (nSPS) is 20.5. The highest BCUT2D eigenvalue weighted by Gasteiger charge is 2.63. The molecule has 2 aromatic rings. The average Bonchev–Trinajstić information content (AvgIpc) is 3.03. The van der Waals surface area contributed by atoms with E-state index in [1.807, 2.05) is 0 Å². The van der Waals surface area contributed by atoms with Gasteiger partial charge in [-0.15, -0.1) is 6.58 Å².